The minimum Gasteiger partial charge on any atom is -0.126 e. The zero-order valence-electron chi connectivity index (χ0n) is 8.07. The lowest BCUT2D eigenvalue weighted by atomic mass is 10.3. The predicted octanol–water partition coefficient (Wildman–Crippen LogP) is 3.74. The van der Waals surface area contributed by atoms with Gasteiger partial charge in [0.05, 0.1) is 1.37 Å². The largest absolute Gasteiger partial charge is 0.126 e. The van der Waals surface area contributed by atoms with Crippen LogP contribution in [0.5, 0.6) is 0 Å². The molecule has 0 amide bonds. The smallest absolute Gasteiger partial charge is 0.0534 e. The van der Waals surface area contributed by atoms with Crippen molar-refractivity contribution in [3.05, 3.63) is 43.0 Å². The summed E-state index contributed by atoms with van der Waals surface area (Å²) in [6.45, 7) is 1.37. The number of rotatable bonds is 5. The SMILES string of the molecule is [2H]C=CCCCSc1ccccc1. The van der Waals surface area contributed by atoms with Crippen molar-refractivity contribution in [1.29, 1.82) is 0 Å². The number of benzene rings is 1. The van der Waals surface area contributed by atoms with Crippen molar-refractivity contribution in [2.75, 3.05) is 5.75 Å². The average molecular weight is 179 g/mol. The lowest BCUT2D eigenvalue weighted by Crippen LogP contribution is -1.77. The fourth-order valence-electron chi connectivity index (χ4n) is 0.908. The molecule has 0 heterocycles. The molecule has 1 aromatic rings. The molecule has 1 heteroatoms. The summed E-state index contributed by atoms with van der Waals surface area (Å²) in [5, 5.41) is 0. The van der Waals surface area contributed by atoms with Gasteiger partial charge in [-0.1, -0.05) is 24.3 Å². The van der Waals surface area contributed by atoms with Crippen molar-refractivity contribution in [3.8, 4) is 0 Å². The van der Waals surface area contributed by atoms with Crippen LogP contribution in [0.1, 0.15) is 14.2 Å². The van der Waals surface area contributed by atoms with Gasteiger partial charge in [-0.25, -0.2) is 0 Å². The normalized spacial score (nSPS) is 11.8. The van der Waals surface area contributed by atoms with Crippen LogP contribution < -0.4 is 0 Å². The van der Waals surface area contributed by atoms with E-state index in [0.717, 1.165) is 18.6 Å². The summed E-state index contributed by atoms with van der Waals surface area (Å²) < 4.78 is 6.81. The van der Waals surface area contributed by atoms with Crippen molar-refractivity contribution < 1.29 is 1.37 Å². The van der Waals surface area contributed by atoms with Crippen LogP contribution in [0.25, 0.3) is 0 Å². The van der Waals surface area contributed by atoms with Gasteiger partial charge in [-0.3, -0.25) is 0 Å². The molecule has 0 N–H and O–H groups in total. The summed E-state index contributed by atoms with van der Waals surface area (Å²) in [6, 6.07) is 10.4. The van der Waals surface area contributed by atoms with Crippen LogP contribution in [0, 0.1) is 0 Å². The Morgan fingerprint density at radius 3 is 3.00 bits per heavy atom. The molecule has 0 bridgehead atoms. The predicted molar refractivity (Wildman–Crippen MR) is 56.6 cm³/mol. The number of hydrogen-bond donors (Lipinski definition) is 0. The van der Waals surface area contributed by atoms with E-state index in [9.17, 15) is 0 Å². The number of thioether (sulfide) groups is 1. The van der Waals surface area contributed by atoms with Crippen LogP contribution >= 0.6 is 11.8 Å². The summed E-state index contributed by atoms with van der Waals surface area (Å²) in [6.07, 6.45) is 4.06. The van der Waals surface area contributed by atoms with Crippen molar-refractivity contribution in [2.45, 2.75) is 17.7 Å². The third kappa shape index (κ3) is 3.63. The van der Waals surface area contributed by atoms with Gasteiger partial charge in [-0.2, -0.15) is 0 Å². The lowest BCUT2D eigenvalue weighted by Gasteiger charge is -1.98. The molecule has 0 saturated heterocycles. The molecular weight excluding hydrogens is 164 g/mol. The molecule has 12 heavy (non-hydrogen) atoms. The maximum Gasteiger partial charge on any atom is 0.0534 e. The van der Waals surface area contributed by atoms with Gasteiger partial charge < -0.3 is 0 Å². The van der Waals surface area contributed by atoms with Gasteiger partial charge in [0, 0.05) is 4.90 Å². The Hall–Kier alpha value is -0.690. The van der Waals surface area contributed by atoms with Crippen molar-refractivity contribution in [3.63, 3.8) is 0 Å². The molecule has 0 aliphatic rings. The third-order valence-corrected chi connectivity index (χ3v) is 2.63. The van der Waals surface area contributed by atoms with Gasteiger partial charge in [-0.15, -0.1) is 18.3 Å². The van der Waals surface area contributed by atoms with E-state index in [1.807, 2.05) is 23.9 Å². The zero-order chi connectivity index (χ0) is 9.36. The Balaban J connectivity index is 2.13. The highest BCUT2D eigenvalue weighted by atomic mass is 32.2. The van der Waals surface area contributed by atoms with Crippen molar-refractivity contribution in [1.82, 2.24) is 0 Å². The Kier molecular flexibility index (Phi) is 3.90. The Morgan fingerprint density at radius 2 is 2.25 bits per heavy atom. The highest BCUT2D eigenvalue weighted by Gasteiger charge is 1.90. The molecule has 1 aromatic carbocycles. The minimum atomic E-state index is 1.02. The second-order valence-electron chi connectivity index (χ2n) is 2.54. The first kappa shape index (κ1) is 7.93. The van der Waals surface area contributed by atoms with Crippen LogP contribution in [0.3, 0.4) is 0 Å². The average Bonchev–Trinajstić information content (AvgIpc) is 2.19. The van der Waals surface area contributed by atoms with E-state index in [1.165, 1.54) is 11.5 Å². The first-order chi connectivity index (χ1) is 6.43. The van der Waals surface area contributed by atoms with Crippen LogP contribution in [0.4, 0.5) is 0 Å². The van der Waals surface area contributed by atoms with E-state index in [2.05, 4.69) is 24.3 Å². The molecule has 0 fully saturated rings. The molecule has 64 valence electrons. The standard InChI is InChI=1S/C11H14S/c1-2-3-7-10-12-11-8-5-4-6-9-11/h2,4-6,8-9H,1,3,7,10H2/i1D. The molecule has 0 aliphatic carbocycles. The van der Waals surface area contributed by atoms with E-state index >= 15 is 0 Å². The molecule has 0 atom stereocenters. The molecular formula is C11H14S. The van der Waals surface area contributed by atoms with E-state index in [0.29, 0.717) is 0 Å². The monoisotopic (exact) mass is 179 g/mol. The molecule has 0 nitrogen and oxygen atoms in total. The molecule has 0 aliphatic heterocycles. The van der Waals surface area contributed by atoms with Gasteiger partial charge in [0.2, 0.25) is 0 Å². The van der Waals surface area contributed by atoms with Gasteiger partial charge in [0.15, 0.2) is 0 Å². The minimum absolute atomic E-state index is 1.02. The fraction of sp³-hybridized carbons (Fsp3) is 0.273. The molecule has 1 rings (SSSR count). The molecule has 0 spiro atoms. The highest BCUT2D eigenvalue weighted by molar-refractivity contribution is 7.99. The Labute approximate surface area is 80.1 Å². The second-order valence-corrected chi connectivity index (χ2v) is 3.71. The first-order valence-corrected chi connectivity index (χ1v) is 5.13. The second kappa shape index (κ2) is 5.90. The molecule has 0 saturated carbocycles. The summed E-state index contributed by atoms with van der Waals surface area (Å²) in [4.78, 5) is 1.33. The Morgan fingerprint density at radius 1 is 1.42 bits per heavy atom. The van der Waals surface area contributed by atoms with E-state index < -0.39 is 0 Å². The van der Waals surface area contributed by atoms with Crippen molar-refractivity contribution >= 4 is 11.8 Å². The van der Waals surface area contributed by atoms with Gasteiger partial charge >= 0.3 is 0 Å². The van der Waals surface area contributed by atoms with E-state index in [-0.39, 0.29) is 0 Å². The number of hydrogen-bond acceptors (Lipinski definition) is 1. The number of unbranched alkanes of at least 4 members (excludes halogenated alkanes) is 1. The maximum absolute atomic E-state index is 6.81. The highest BCUT2D eigenvalue weighted by Crippen LogP contribution is 2.18. The molecule has 0 unspecified atom stereocenters. The summed E-state index contributed by atoms with van der Waals surface area (Å²) in [5.74, 6) is 1.13. The summed E-state index contributed by atoms with van der Waals surface area (Å²) in [5.41, 5.74) is 0. The third-order valence-electron chi connectivity index (χ3n) is 1.53. The lowest BCUT2D eigenvalue weighted by molar-refractivity contribution is 0.974. The van der Waals surface area contributed by atoms with Crippen LogP contribution in [-0.2, 0) is 0 Å². The first-order valence-electron chi connectivity index (χ1n) is 4.72. The van der Waals surface area contributed by atoms with Crippen molar-refractivity contribution in [2.24, 2.45) is 0 Å². The topological polar surface area (TPSA) is 0 Å². The maximum atomic E-state index is 6.81. The van der Waals surface area contributed by atoms with Gasteiger partial charge in [-0.05, 0) is 30.7 Å². The van der Waals surface area contributed by atoms with Crippen LogP contribution in [-0.4, -0.2) is 5.75 Å². The Bertz CT molecular complexity index is 244. The van der Waals surface area contributed by atoms with Crippen LogP contribution in [0.2, 0.25) is 0 Å². The van der Waals surface area contributed by atoms with Gasteiger partial charge in [0.25, 0.3) is 0 Å². The molecule has 0 aromatic heterocycles. The van der Waals surface area contributed by atoms with Gasteiger partial charge in [0.1, 0.15) is 0 Å². The number of allylic oxidation sites excluding steroid dienone is 1. The summed E-state index contributed by atoms with van der Waals surface area (Å²) >= 11 is 1.88. The van der Waals surface area contributed by atoms with E-state index in [4.69, 9.17) is 1.37 Å². The molecule has 0 radical (unpaired) electrons. The zero-order valence-corrected chi connectivity index (χ0v) is 7.89. The van der Waals surface area contributed by atoms with E-state index in [1.54, 1.807) is 0 Å². The fourth-order valence-corrected chi connectivity index (χ4v) is 1.80. The summed E-state index contributed by atoms with van der Waals surface area (Å²) in [7, 11) is 0. The quantitative estimate of drug-likeness (QED) is 0.377. The van der Waals surface area contributed by atoms with Crippen LogP contribution in [0.15, 0.2) is 47.9 Å².